The van der Waals surface area contributed by atoms with Gasteiger partial charge in [-0.2, -0.15) is 0 Å². The highest BCUT2D eigenvalue weighted by Crippen LogP contribution is 2.35. The summed E-state index contributed by atoms with van der Waals surface area (Å²) in [5.41, 5.74) is 5.40. The minimum absolute atomic E-state index is 0.00344. The molecule has 1 saturated heterocycles. The first-order chi connectivity index (χ1) is 13.4. The number of methoxy groups -OCH3 is 1. The Labute approximate surface area is 171 Å². The quantitative estimate of drug-likeness (QED) is 0.742. The number of hydrogen-bond donors (Lipinski definition) is 2. The molecule has 0 aliphatic carbocycles. The molecule has 3 amide bonds. The van der Waals surface area contributed by atoms with Gasteiger partial charge in [-0.3, -0.25) is 25.2 Å². The van der Waals surface area contributed by atoms with Crippen LogP contribution in [-0.4, -0.2) is 31.4 Å². The minimum atomic E-state index is -0.636. The maximum absolute atomic E-state index is 12.4. The normalized spacial score (nSPS) is 16.0. The summed E-state index contributed by atoms with van der Waals surface area (Å²) in [6, 6.07) is 11.4. The summed E-state index contributed by atoms with van der Waals surface area (Å²) in [5, 5.41) is 0.716. The second-order valence-corrected chi connectivity index (χ2v) is 6.99. The molecule has 0 aromatic heterocycles. The number of nitrogens with zero attached hydrogens (tertiary/aromatic N) is 1. The molecule has 1 aliphatic heterocycles. The monoisotopic (exact) mass is 421 g/mol. The number of anilines is 1. The summed E-state index contributed by atoms with van der Waals surface area (Å²) in [6.07, 6.45) is 0.00344. The molecular formula is C19H17Cl2N3O4. The largest absolute Gasteiger partial charge is 0.495 e. The average Bonchev–Trinajstić information content (AvgIpc) is 3.07. The molecule has 7 nitrogen and oxygen atoms in total. The summed E-state index contributed by atoms with van der Waals surface area (Å²) in [7, 11) is 1.49. The first kappa shape index (κ1) is 20.0. The molecule has 28 heavy (non-hydrogen) atoms. The van der Waals surface area contributed by atoms with Crippen molar-refractivity contribution >= 4 is 46.6 Å². The number of nitrogens with one attached hydrogen (secondary N) is 2. The first-order valence-electron chi connectivity index (χ1n) is 8.39. The predicted molar refractivity (Wildman–Crippen MR) is 106 cm³/mol. The topological polar surface area (TPSA) is 87.7 Å². The average molecular weight is 422 g/mol. The summed E-state index contributed by atoms with van der Waals surface area (Å²) in [4.78, 5) is 38.4. The van der Waals surface area contributed by atoms with E-state index in [9.17, 15) is 14.4 Å². The number of halogens is 2. The van der Waals surface area contributed by atoms with Crippen LogP contribution >= 0.6 is 23.2 Å². The molecule has 1 fully saturated rings. The Morgan fingerprint density at radius 2 is 1.89 bits per heavy atom. The second-order valence-electron chi connectivity index (χ2n) is 6.14. The zero-order valence-corrected chi connectivity index (χ0v) is 16.4. The lowest BCUT2D eigenvalue weighted by molar-refractivity contribution is -0.126. The van der Waals surface area contributed by atoms with Crippen molar-refractivity contribution in [2.75, 3.05) is 18.6 Å². The number of ether oxygens (including phenoxy) is 1. The molecule has 146 valence electrons. The van der Waals surface area contributed by atoms with E-state index in [-0.39, 0.29) is 29.5 Å². The van der Waals surface area contributed by atoms with Crippen molar-refractivity contribution in [2.45, 2.75) is 6.42 Å². The Morgan fingerprint density at radius 3 is 2.61 bits per heavy atom. The van der Waals surface area contributed by atoms with Crippen molar-refractivity contribution in [1.82, 2.24) is 10.9 Å². The zero-order valence-electron chi connectivity index (χ0n) is 14.9. The lowest BCUT2D eigenvalue weighted by Gasteiger charge is -2.20. The third-order valence-electron chi connectivity index (χ3n) is 4.35. The van der Waals surface area contributed by atoms with Gasteiger partial charge in [0.1, 0.15) is 5.75 Å². The zero-order chi connectivity index (χ0) is 20.3. The van der Waals surface area contributed by atoms with E-state index in [4.69, 9.17) is 27.9 Å². The molecule has 0 radical (unpaired) electrons. The van der Waals surface area contributed by atoms with E-state index in [1.165, 1.54) is 18.1 Å². The fraction of sp³-hybridized carbons (Fsp3) is 0.211. The summed E-state index contributed by atoms with van der Waals surface area (Å²) in [6.45, 7) is 0.142. The van der Waals surface area contributed by atoms with Crippen molar-refractivity contribution in [3.05, 3.63) is 58.1 Å². The van der Waals surface area contributed by atoms with E-state index >= 15 is 0 Å². The van der Waals surface area contributed by atoms with Crippen molar-refractivity contribution < 1.29 is 19.1 Å². The summed E-state index contributed by atoms with van der Waals surface area (Å²) in [5.74, 6) is -1.42. The van der Waals surface area contributed by atoms with Crippen LogP contribution in [0.3, 0.4) is 0 Å². The van der Waals surface area contributed by atoms with Gasteiger partial charge in [0, 0.05) is 18.0 Å². The van der Waals surface area contributed by atoms with Gasteiger partial charge in [0.2, 0.25) is 11.8 Å². The van der Waals surface area contributed by atoms with Gasteiger partial charge in [0.25, 0.3) is 5.91 Å². The van der Waals surface area contributed by atoms with Gasteiger partial charge >= 0.3 is 0 Å². The van der Waals surface area contributed by atoms with Gasteiger partial charge in [-0.25, -0.2) is 0 Å². The Balaban J connectivity index is 1.65. The highest BCUT2D eigenvalue weighted by atomic mass is 35.5. The van der Waals surface area contributed by atoms with Gasteiger partial charge in [-0.05, 0) is 30.3 Å². The fourth-order valence-corrected chi connectivity index (χ4v) is 3.31. The molecule has 2 aromatic carbocycles. The maximum Gasteiger partial charge on any atom is 0.271 e. The SMILES string of the molecule is COc1ccc(Cl)cc1N1C[C@H](C(=O)NNC(=O)c2ccccc2Cl)CC1=O. The van der Waals surface area contributed by atoms with Crippen molar-refractivity contribution in [3.63, 3.8) is 0 Å². The molecular weight excluding hydrogens is 405 g/mol. The van der Waals surface area contributed by atoms with E-state index < -0.39 is 17.7 Å². The Kier molecular flexibility index (Phi) is 6.06. The highest BCUT2D eigenvalue weighted by Gasteiger charge is 2.36. The van der Waals surface area contributed by atoms with Crippen LogP contribution in [0.5, 0.6) is 5.75 Å². The van der Waals surface area contributed by atoms with Crippen LogP contribution in [0, 0.1) is 5.92 Å². The minimum Gasteiger partial charge on any atom is -0.495 e. The van der Waals surface area contributed by atoms with Crippen LogP contribution in [0.2, 0.25) is 10.0 Å². The summed E-state index contributed by atoms with van der Waals surface area (Å²) < 4.78 is 5.27. The van der Waals surface area contributed by atoms with Crippen molar-refractivity contribution in [2.24, 2.45) is 5.92 Å². The van der Waals surface area contributed by atoms with Gasteiger partial charge in [0.05, 0.1) is 29.3 Å². The number of hydrazine groups is 1. The Morgan fingerprint density at radius 1 is 1.14 bits per heavy atom. The number of carbonyl (C=O) groups excluding carboxylic acids is 3. The van der Waals surface area contributed by atoms with Crippen LogP contribution in [0.1, 0.15) is 16.8 Å². The Hall–Kier alpha value is -2.77. The molecule has 3 rings (SSSR count). The Bertz CT molecular complexity index is 935. The van der Waals surface area contributed by atoms with Crippen LogP contribution in [0.25, 0.3) is 0 Å². The standard InChI is InChI=1S/C19H17Cl2N3O4/c1-28-16-7-6-12(20)9-15(16)24-10-11(8-17(24)25)18(26)22-23-19(27)13-4-2-3-5-14(13)21/h2-7,9,11H,8,10H2,1H3,(H,22,26)(H,23,27)/t11-/m1/s1. The third-order valence-corrected chi connectivity index (χ3v) is 4.91. The van der Waals surface area contributed by atoms with E-state index in [0.29, 0.717) is 16.5 Å². The van der Waals surface area contributed by atoms with Gasteiger partial charge in [0.15, 0.2) is 0 Å². The molecule has 1 aliphatic rings. The van der Waals surface area contributed by atoms with Crippen LogP contribution < -0.4 is 20.5 Å². The molecule has 1 atom stereocenters. The second kappa shape index (κ2) is 8.50. The predicted octanol–water partition coefficient (Wildman–Crippen LogP) is 2.82. The maximum atomic E-state index is 12.4. The molecule has 1 heterocycles. The lowest BCUT2D eigenvalue weighted by Crippen LogP contribution is -2.45. The smallest absolute Gasteiger partial charge is 0.271 e. The highest BCUT2D eigenvalue weighted by molar-refractivity contribution is 6.33. The van der Waals surface area contributed by atoms with E-state index in [0.717, 1.165) is 0 Å². The number of rotatable bonds is 4. The number of carbonyl (C=O) groups is 3. The van der Waals surface area contributed by atoms with E-state index in [2.05, 4.69) is 10.9 Å². The van der Waals surface area contributed by atoms with Crippen molar-refractivity contribution in [3.8, 4) is 5.75 Å². The van der Waals surface area contributed by atoms with Crippen LogP contribution in [-0.2, 0) is 9.59 Å². The molecule has 0 bridgehead atoms. The molecule has 9 heteroatoms. The molecule has 0 spiro atoms. The van der Waals surface area contributed by atoms with Crippen molar-refractivity contribution in [1.29, 1.82) is 0 Å². The van der Waals surface area contributed by atoms with Gasteiger partial charge in [-0.15, -0.1) is 0 Å². The number of hydrogen-bond acceptors (Lipinski definition) is 4. The lowest BCUT2D eigenvalue weighted by atomic mass is 10.1. The number of amides is 3. The van der Waals surface area contributed by atoms with Crippen LogP contribution in [0.15, 0.2) is 42.5 Å². The molecule has 2 aromatic rings. The molecule has 0 saturated carbocycles. The van der Waals surface area contributed by atoms with Gasteiger partial charge in [-0.1, -0.05) is 35.3 Å². The van der Waals surface area contributed by atoms with E-state index in [1.807, 2.05) is 0 Å². The molecule has 2 N–H and O–H groups in total. The summed E-state index contributed by atoms with van der Waals surface area (Å²) >= 11 is 12.0. The third kappa shape index (κ3) is 4.21. The van der Waals surface area contributed by atoms with Gasteiger partial charge < -0.3 is 9.64 Å². The first-order valence-corrected chi connectivity index (χ1v) is 9.15. The fourth-order valence-electron chi connectivity index (χ4n) is 2.92. The van der Waals surface area contributed by atoms with E-state index in [1.54, 1.807) is 36.4 Å². The molecule has 0 unspecified atom stereocenters. The number of benzene rings is 2. The van der Waals surface area contributed by atoms with Crippen LogP contribution in [0.4, 0.5) is 5.69 Å².